The molecule has 0 radical (unpaired) electrons. The lowest BCUT2D eigenvalue weighted by Gasteiger charge is -2.12. The molecular formula is C45H27N3O2. The number of para-hydroxylation sites is 3. The van der Waals surface area contributed by atoms with Crippen LogP contribution in [0.3, 0.4) is 0 Å². The Morgan fingerprint density at radius 2 is 1.04 bits per heavy atom. The van der Waals surface area contributed by atoms with Crippen LogP contribution in [0.1, 0.15) is 0 Å². The van der Waals surface area contributed by atoms with Crippen LogP contribution in [0, 0.1) is 0 Å². The number of furan rings is 2. The van der Waals surface area contributed by atoms with E-state index in [0.717, 1.165) is 94.2 Å². The van der Waals surface area contributed by atoms with Crippen molar-refractivity contribution in [1.29, 1.82) is 0 Å². The fraction of sp³-hybridized carbons (Fsp3) is 0. The Morgan fingerprint density at radius 3 is 1.86 bits per heavy atom. The van der Waals surface area contributed by atoms with Gasteiger partial charge in [-0.2, -0.15) is 0 Å². The molecule has 50 heavy (non-hydrogen) atoms. The first-order chi connectivity index (χ1) is 24.8. The quantitative estimate of drug-likeness (QED) is 0.187. The molecule has 0 unspecified atom stereocenters. The molecule has 0 aliphatic heterocycles. The normalized spacial score (nSPS) is 11.6. The van der Waals surface area contributed by atoms with Crippen molar-refractivity contribution in [3.8, 4) is 56.2 Å². The minimum absolute atomic E-state index is 0.649. The molecule has 5 nitrogen and oxygen atoms in total. The first-order valence-electron chi connectivity index (χ1n) is 16.6. The molecule has 5 heteroatoms. The van der Waals surface area contributed by atoms with E-state index in [1.165, 1.54) is 0 Å². The summed E-state index contributed by atoms with van der Waals surface area (Å²) >= 11 is 0. The molecule has 6 aromatic carbocycles. The van der Waals surface area contributed by atoms with Gasteiger partial charge >= 0.3 is 0 Å². The van der Waals surface area contributed by atoms with Crippen molar-refractivity contribution in [1.82, 2.24) is 15.0 Å². The first kappa shape index (κ1) is 28.2. The molecule has 234 valence electrons. The van der Waals surface area contributed by atoms with Gasteiger partial charge in [0.05, 0.1) is 11.4 Å². The van der Waals surface area contributed by atoms with E-state index in [1.807, 2.05) is 60.8 Å². The maximum Gasteiger partial charge on any atom is 0.160 e. The molecule has 10 aromatic rings. The zero-order valence-electron chi connectivity index (χ0n) is 26.7. The highest BCUT2D eigenvalue weighted by molar-refractivity contribution is 6.18. The Kier molecular flexibility index (Phi) is 6.42. The van der Waals surface area contributed by atoms with E-state index in [1.54, 1.807) is 6.20 Å². The van der Waals surface area contributed by atoms with E-state index in [0.29, 0.717) is 5.82 Å². The van der Waals surface area contributed by atoms with Crippen LogP contribution in [0.4, 0.5) is 0 Å². The highest BCUT2D eigenvalue weighted by Gasteiger charge is 2.22. The van der Waals surface area contributed by atoms with E-state index in [4.69, 9.17) is 18.8 Å². The van der Waals surface area contributed by atoms with Crippen LogP contribution < -0.4 is 0 Å². The zero-order chi connectivity index (χ0) is 33.0. The second-order valence-electron chi connectivity index (χ2n) is 12.4. The Morgan fingerprint density at radius 1 is 0.400 bits per heavy atom. The SMILES string of the molecule is c1ccc(-c2cc(-c3ccc(-c4cccc5c4oc4ccccc45)c4oc5ccccc5c34)nc(-c3ccc(-c4cccnc4)cc3)n2)cc1. The van der Waals surface area contributed by atoms with Crippen LogP contribution in [0.25, 0.3) is 100 Å². The van der Waals surface area contributed by atoms with Gasteiger partial charge in [-0.3, -0.25) is 4.98 Å². The Hall–Kier alpha value is -6.85. The molecule has 0 aliphatic carbocycles. The Bertz CT molecular complexity index is 2850. The summed E-state index contributed by atoms with van der Waals surface area (Å²) < 4.78 is 13.2. The second kappa shape index (κ2) is 11.4. The highest BCUT2D eigenvalue weighted by Crippen LogP contribution is 2.44. The smallest absolute Gasteiger partial charge is 0.160 e. The van der Waals surface area contributed by atoms with Crippen molar-refractivity contribution in [2.75, 3.05) is 0 Å². The Labute approximate surface area is 287 Å². The van der Waals surface area contributed by atoms with Gasteiger partial charge in [0.15, 0.2) is 5.82 Å². The molecule has 0 saturated carbocycles. The maximum atomic E-state index is 6.72. The molecule has 0 amide bonds. The molecule has 4 aromatic heterocycles. The number of aromatic nitrogens is 3. The van der Waals surface area contributed by atoms with Crippen molar-refractivity contribution < 1.29 is 8.83 Å². The standard InChI is InChI=1S/C45H27N3O2/c1-2-10-29(11-3-1)38-26-39(48-45(47-38)30-21-19-28(20-22-30)31-12-9-25-46-27-31)36-24-23-35(44-42(36)37-14-5-7-18-41(37)50-44)34-16-8-15-33-32-13-4-6-17-40(32)49-43(33)34/h1-27H. The predicted molar refractivity (Wildman–Crippen MR) is 202 cm³/mol. The van der Waals surface area contributed by atoms with E-state index in [-0.39, 0.29) is 0 Å². The average Bonchev–Trinajstić information content (AvgIpc) is 3.78. The van der Waals surface area contributed by atoms with Crippen molar-refractivity contribution >= 4 is 43.9 Å². The van der Waals surface area contributed by atoms with E-state index in [9.17, 15) is 0 Å². The van der Waals surface area contributed by atoms with Gasteiger partial charge in [0.2, 0.25) is 0 Å². The molecule has 10 rings (SSSR count). The number of hydrogen-bond acceptors (Lipinski definition) is 5. The van der Waals surface area contributed by atoms with Crippen LogP contribution in [0.15, 0.2) is 173 Å². The topological polar surface area (TPSA) is 65.0 Å². The average molecular weight is 642 g/mol. The highest BCUT2D eigenvalue weighted by atomic mass is 16.3. The summed E-state index contributed by atoms with van der Waals surface area (Å²) in [6.45, 7) is 0. The van der Waals surface area contributed by atoms with Gasteiger partial charge in [-0.15, -0.1) is 0 Å². The molecule has 0 saturated heterocycles. The number of rotatable bonds is 5. The fourth-order valence-corrected chi connectivity index (χ4v) is 7.03. The van der Waals surface area contributed by atoms with E-state index < -0.39 is 0 Å². The summed E-state index contributed by atoms with van der Waals surface area (Å²) in [6, 6.07) is 51.7. The lowest BCUT2D eigenvalue weighted by Crippen LogP contribution is -1.96. The van der Waals surface area contributed by atoms with Gasteiger partial charge in [0, 0.05) is 61.8 Å². The molecular weight excluding hydrogens is 615 g/mol. The molecule has 4 heterocycles. The van der Waals surface area contributed by atoms with Crippen LogP contribution in [0.2, 0.25) is 0 Å². The third kappa shape index (κ3) is 4.60. The molecule has 0 spiro atoms. The third-order valence-corrected chi connectivity index (χ3v) is 9.43. The molecule has 0 aliphatic rings. The third-order valence-electron chi connectivity index (χ3n) is 9.43. The molecule has 0 bridgehead atoms. The predicted octanol–water partition coefficient (Wildman–Crippen LogP) is 12.0. The summed E-state index contributed by atoms with van der Waals surface area (Å²) in [5, 5.41) is 4.20. The first-order valence-corrected chi connectivity index (χ1v) is 16.6. The van der Waals surface area contributed by atoms with Crippen LogP contribution >= 0.6 is 0 Å². The fourth-order valence-electron chi connectivity index (χ4n) is 7.03. The lowest BCUT2D eigenvalue weighted by atomic mass is 9.95. The molecule has 0 N–H and O–H groups in total. The minimum Gasteiger partial charge on any atom is -0.455 e. The summed E-state index contributed by atoms with van der Waals surface area (Å²) in [4.78, 5) is 14.6. The van der Waals surface area contributed by atoms with Crippen molar-refractivity contribution in [2.24, 2.45) is 0 Å². The second-order valence-corrected chi connectivity index (χ2v) is 12.4. The minimum atomic E-state index is 0.649. The van der Waals surface area contributed by atoms with Crippen LogP contribution in [0.5, 0.6) is 0 Å². The van der Waals surface area contributed by atoms with Gasteiger partial charge in [-0.05, 0) is 41.5 Å². The van der Waals surface area contributed by atoms with Gasteiger partial charge in [0.25, 0.3) is 0 Å². The van der Waals surface area contributed by atoms with Gasteiger partial charge < -0.3 is 8.83 Å². The van der Waals surface area contributed by atoms with Gasteiger partial charge in [-0.1, -0.05) is 121 Å². The van der Waals surface area contributed by atoms with E-state index >= 15 is 0 Å². The van der Waals surface area contributed by atoms with Crippen LogP contribution in [-0.4, -0.2) is 15.0 Å². The van der Waals surface area contributed by atoms with Crippen LogP contribution in [-0.2, 0) is 0 Å². The van der Waals surface area contributed by atoms with Gasteiger partial charge in [0.1, 0.15) is 22.3 Å². The summed E-state index contributed by atoms with van der Waals surface area (Å²) in [6.07, 6.45) is 3.66. The zero-order valence-corrected chi connectivity index (χ0v) is 26.7. The summed E-state index contributed by atoms with van der Waals surface area (Å²) in [5.41, 5.74) is 12.0. The van der Waals surface area contributed by atoms with E-state index in [2.05, 4.69) is 102 Å². The summed E-state index contributed by atoms with van der Waals surface area (Å²) in [7, 11) is 0. The van der Waals surface area contributed by atoms with Crippen molar-refractivity contribution in [2.45, 2.75) is 0 Å². The van der Waals surface area contributed by atoms with Gasteiger partial charge in [-0.25, -0.2) is 9.97 Å². The number of hydrogen-bond donors (Lipinski definition) is 0. The molecule has 0 atom stereocenters. The number of fused-ring (bicyclic) bond motifs is 6. The number of pyridine rings is 1. The van der Waals surface area contributed by atoms with Crippen molar-refractivity contribution in [3.63, 3.8) is 0 Å². The Balaban J connectivity index is 1.20. The monoisotopic (exact) mass is 641 g/mol. The lowest BCUT2D eigenvalue weighted by molar-refractivity contribution is 0.665. The largest absolute Gasteiger partial charge is 0.455 e. The van der Waals surface area contributed by atoms with Crippen molar-refractivity contribution in [3.05, 3.63) is 164 Å². The maximum absolute atomic E-state index is 6.72. The summed E-state index contributed by atoms with van der Waals surface area (Å²) in [5.74, 6) is 0.649. The number of benzene rings is 6. The molecule has 0 fully saturated rings. The number of nitrogens with zero attached hydrogens (tertiary/aromatic N) is 3.